The van der Waals surface area contributed by atoms with Gasteiger partial charge >= 0.3 is 5.97 Å². The molecule has 3 rings (SSSR count). The Bertz CT molecular complexity index is 995. The molecular formula is C26H38NO5PS. The van der Waals surface area contributed by atoms with Crippen LogP contribution >= 0.6 is 18.7 Å². The van der Waals surface area contributed by atoms with Gasteiger partial charge in [0.1, 0.15) is 4.88 Å². The number of anilines is 1. The number of carbonyl (C=O) groups excluding carboxylic acids is 2. The van der Waals surface area contributed by atoms with E-state index in [-0.39, 0.29) is 23.3 Å². The standard InChI is InChI=1S/C26H38NO5PS/c1-18-7-9-19(10-8-18)24(28)27(20-12-15-33(30,32-6)16-13-20)22-17-21(11-14-26(2,3)4)34-23(22)25(29)31-5/h17-20H,7-10,12-13,15-16H2,1-6H3. The SMILES string of the molecule is COC(=O)c1sc(C#CC(C)(C)C)cc1N(C(=O)C1CCC(C)CC1)C1CCP(=O)(OC)CC1. The van der Waals surface area contributed by atoms with Gasteiger partial charge in [-0.25, -0.2) is 4.79 Å². The van der Waals surface area contributed by atoms with E-state index < -0.39 is 13.3 Å². The zero-order chi connectivity index (χ0) is 25.1. The van der Waals surface area contributed by atoms with Crippen LogP contribution in [0, 0.1) is 29.1 Å². The molecule has 2 aliphatic rings. The van der Waals surface area contributed by atoms with Gasteiger partial charge < -0.3 is 14.2 Å². The molecule has 0 aromatic carbocycles. The Morgan fingerprint density at radius 3 is 2.24 bits per heavy atom. The van der Waals surface area contributed by atoms with Crippen molar-refractivity contribution in [2.24, 2.45) is 17.3 Å². The molecule has 2 fully saturated rings. The summed E-state index contributed by atoms with van der Waals surface area (Å²) < 4.78 is 23.2. The molecule has 34 heavy (non-hydrogen) atoms. The van der Waals surface area contributed by atoms with E-state index in [0.717, 1.165) is 30.6 Å². The Labute approximate surface area is 208 Å². The summed E-state index contributed by atoms with van der Waals surface area (Å²) in [6.07, 6.45) is 5.82. The molecule has 0 unspecified atom stereocenters. The highest BCUT2D eigenvalue weighted by Gasteiger charge is 2.40. The van der Waals surface area contributed by atoms with Crippen LogP contribution in [0.3, 0.4) is 0 Å². The maximum absolute atomic E-state index is 14.0. The third-order valence-electron chi connectivity index (χ3n) is 6.81. The third kappa shape index (κ3) is 6.53. The topological polar surface area (TPSA) is 72.9 Å². The predicted octanol–water partition coefficient (Wildman–Crippen LogP) is 6.18. The van der Waals surface area contributed by atoms with Crippen LogP contribution in [-0.4, -0.2) is 44.5 Å². The van der Waals surface area contributed by atoms with E-state index in [4.69, 9.17) is 9.26 Å². The van der Waals surface area contributed by atoms with Crippen molar-refractivity contribution in [2.75, 3.05) is 31.4 Å². The molecule has 1 aromatic heterocycles. The molecule has 8 heteroatoms. The van der Waals surface area contributed by atoms with Gasteiger partial charge in [-0.05, 0) is 71.3 Å². The van der Waals surface area contributed by atoms with Crippen molar-refractivity contribution in [3.05, 3.63) is 15.8 Å². The number of esters is 1. The number of rotatable bonds is 5. The fourth-order valence-electron chi connectivity index (χ4n) is 4.70. The second-order valence-corrected chi connectivity index (χ2v) is 14.6. The minimum Gasteiger partial charge on any atom is -0.465 e. The largest absolute Gasteiger partial charge is 0.465 e. The first-order valence-electron chi connectivity index (χ1n) is 12.2. The van der Waals surface area contributed by atoms with Crippen LogP contribution in [0.2, 0.25) is 0 Å². The maximum atomic E-state index is 14.0. The molecule has 2 heterocycles. The number of carbonyl (C=O) groups is 2. The average molecular weight is 508 g/mol. The number of methoxy groups -OCH3 is 1. The van der Waals surface area contributed by atoms with Gasteiger partial charge in [0.25, 0.3) is 0 Å². The molecule has 1 aromatic rings. The molecule has 0 radical (unpaired) electrons. The van der Waals surface area contributed by atoms with Gasteiger partial charge in [-0.3, -0.25) is 9.36 Å². The first-order chi connectivity index (χ1) is 16.0. The zero-order valence-corrected chi connectivity index (χ0v) is 23.0. The summed E-state index contributed by atoms with van der Waals surface area (Å²) in [5, 5.41) is 0. The lowest BCUT2D eigenvalue weighted by Gasteiger charge is -2.39. The number of amides is 1. The minimum atomic E-state index is -2.64. The van der Waals surface area contributed by atoms with Crippen LogP contribution in [0.15, 0.2) is 6.07 Å². The van der Waals surface area contributed by atoms with Crippen molar-refractivity contribution in [2.45, 2.75) is 72.3 Å². The summed E-state index contributed by atoms with van der Waals surface area (Å²) in [7, 11) is 0.215. The van der Waals surface area contributed by atoms with Crippen molar-refractivity contribution >= 4 is 36.3 Å². The summed E-state index contributed by atoms with van der Waals surface area (Å²) in [4.78, 5) is 29.7. The Hall–Kier alpha value is -1.61. The highest BCUT2D eigenvalue weighted by molar-refractivity contribution is 7.59. The van der Waals surface area contributed by atoms with Crippen LogP contribution in [-0.2, 0) is 18.6 Å². The summed E-state index contributed by atoms with van der Waals surface area (Å²) in [5.41, 5.74) is 0.395. The first kappa shape index (κ1) is 27.0. The highest BCUT2D eigenvalue weighted by atomic mass is 32.1. The second kappa shape index (κ2) is 11.0. The molecule has 0 bridgehead atoms. The summed E-state index contributed by atoms with van der Waals surface area (Å²) in [5.74, 6) is 6.57. The van der Waals surface area contributed by atoms with Gasteiger partial charge in [-0.2, -0.15) is 0 Å². The van der Waals surface area contributed by atoms with Crippen molar-refractivity contribution in [1.82, 2.24) is 0 Å². The number of hydrogen-bond donors (Lipinski definition) is 0. The Kier molecular flexibility index (Phi) is 8.71. The minimum absolute atomic E-state index is 0.0596. The summed E-state index contributed by atoms with van der Waals surface area (Å²) >= 11 is 1.27. The van der Waals surface area contributed by atoms with Crippen LogP contribution in [0.5, 0.6) is 0 Å². The van der Waals surface area contributed by atoms with Gasteiger partial charge in [0.05, 0.1) is 17.7 Å². The van der Waals surface area contributed by atoms with Gasteiger partial charge in [0.2, 0.25) is 13.3 Å². The van der Waals surface area contributed by atoms with Gasteiger partial charge in [-0.1, -0.05) is 18.8 Å². The van der Waals surface area contributed by atoms with Crippen molar-refractivity contribution < 1.29 is 23.4 Å². The number of hydrogen-bond acceptors (Lipinski definition) is 6. The summed E-state index contributed by atoms with van der Waals surface area (Å²) in [6.45, 7) is 8.33. The van der Waals surface area contributed by atoms with Crippen molar-refractivity contribution in [3.63, 3.8) is 0 Å². The van der Waals surface area contributed by atoms with E-state index in [1.165, 1.54) is 25.6 Å². The molecule has 1 aliphatic carbocycles. The van der Waals surface area contributed by atoms with E-state index in [9.17, 15) is 14.2 Å². The van der Waals surface area contributed by atoms with Crippen LogP contribution in [0.1, 0.15) is 80.8 Å². The van der Waals surface area contributed by atoms with Crippen molar-refractivity contribution in [3.8, 4) is 11.8 Å². The monoisotopic (exact) mass is 507 g/mol. The fraction of sp³-hybridized carbons (Fsp3) is 0.692. The Balaban J connectivity index is 2.03. The highest BCUT2D eigenvalue weighted by Crippen LogP contribution is 2.52. The number of thiophene rings is 1. The van der Waals surface area contributed by atoms with E-state index in [1.807, 2.05) is 31.7 Å². The average Bonchev–Trinajstić information content (AvgIpc) is 3.22. The molecule has 1 aliphatic heterocycles. The van der Waals surface area contributed by atoms with Gasteiger partial charge in [-0.15, -0.1) is 11.3 Å². The summed E-state index contributed by atoms with van der Waals surface area (Å²) in [6, 6.07) is 1.73. The molecule has 6 nitrogen and oxygen atoms in total. The lowest BCUT2D eigenvalue weighted by atomic mass is 9.82. The Morgan fingerprint density at radius 1 is 1.09 bits per heavy atom. The molecular weight excluding hydrogens is 469 g/mol. The zero-order valence-electron chi connectivity index (χ0n) is 21.3. The van der Waals surface area contributed by atoms with Gasteiger partial charge in [0.15, 0.2) is 0 Å². The predicted molar refractivity (Wildman–Crippen MR) is 138 cm³/mol. The van der Waals surface area contributed by atoms with E-state index in [0.29, 0.717) is 41.6 Å². The van der Waals surface area contributed by atoms with Crippen LogP contribution in [0.25, 0.3) is 0 Å². The smallest absolute Gasteiger partial charge is 0.350 e. The fourth-order valence-corrected chi connectivity index (χ4v) is 7.59. The molecule has 188 valence electrons. The van der Waals surface area contributed by atoms with Crippen LogP contribution < -0.4 is 4.90 Å². The quantitative estimate of drug-likeness (QED) is 0.270. The van der Waals surface area contributed by atoms with Crippen molar-refractivity contribution in [1.29, 1.82) is 0 Å². The molecule has 1 saturated heterocycles. The normalized spacial score (nSPS) is 27.4. The second-order valence-electron chi connectivity index (χ2n) is 10.7. The van der Waals surface area contributed by atoms with Gasteiger partial charge in [0, 0.05) is 36.8 Å². The molecule has 1 amide bonds. The molecule has 0 atom stereocenters. The van der Waals surface area contributed by atoms with E-state index >= 15 is 0 Å². The third-order valence-corrected chi connectivity index (χ3v) is 10.4. The lowest BCUT2D eigenvalue weighted by Crippen LogP contribution is -2.47. The lowest BCUT2D eigenvalue weighted by molar-refractivity contribution is -0.124. The first-order valence-corrected chi connectivity index (χ1v) is 15.0. The number of ether oxygens (including phenoxy) is 1. The maximum Gasteiger partial charge on any atom is 0.350 e. The van der Waals surface area contributed by atoms with E-state index in [2.05, 4.69) is 18.8 Å². The van der Waals surface area contributed by atoms with Crippen LogP contribution in [0.4, 0.5) is 5.69 Å². The molecule has 0 N–H and O–H groups in total. The van der Waals surface area contributed by atoms with E-state index in [1.54, 1.807) is 0 Å². The molecule has 0 spiro atoms. The Morgan fingerprint density at radius 2 is 1.71 bits per heavy atom. The number of nitrogens with zero attached hydrogens (tertiary/aromatic N) is 1. The molecule has 1 saturated carbocycles.